The summed E-state index contributed by atoms with van der Waals surface area (Å²) >= 11 is 0. The molecule has 26 heavy (non-hydrogen) atoms. The second kappa shape index (κ2) is 5.76. The van der Waals surface area contributed by atoms with Gasteiger partial charge in [0.15, 0.2) is 0 Å². The Morgan fingerprint density at radius 3 is 2.50 bits per heavy atom. The number of hydrogen-bond donors (Lipinski definition) is 0. The standard InChI is InChI=1S/C18H14F3N5/c1-10-7-23-12(8-22-10)6-16-25-15-9-24-14-4-3-11(18(19,20)21)5-13(14)17(15)26(16)2/h3-5,7-9H,6H2,1-2H3. The molecule has 132 valence electrons. The van der Waals surface area contributed by atoms with Crippen LogP contribution in [-0.2, 0) is 19.6 Å². The lowest BCUT2D eigenvalue weighted by atomic mass is 10.1. The smallest absolute Gasteiger partial charge is 0.330 e. The van der Waals surface area contributed by atoms with Crippen LogP contribution in [0.4, 0.5) is 13.2 Å². The van der Waals surface area contributed by atoms with Crippen molar-refractivity contribution in [3.8, 4) is 0 Å². The topological polar surface area (TPSA) is 56.5 Å². The highest BCUT2D eigenvalue weighted by atomic mass is 19.4. The van der Waals surface area contributed by atoms with Crippen LogP contribution in [0, 0.1) is 6.92 Å². The van der Waals surface area contributed by atoms with Crippen molar-refractivity contribution in [1.82, 2.24) is 24.5 Å². The number of nitrogens with zero attached hydrogens (tertiary/aromatic N) is 5. The fourth-order valence-corrected chi connectivity index (χ4v) is 2.95. The molecule has 0 aliphatic carbocycles. The van der Waals surface area contributed by atoms with Gasteiger partial charge in [0.1, 0.15) is 11.3 Å². The molecule has 8 heteroatoms. The van der Waals surface area contributed by atoms with E-state index < -0.39 is 11.7 Å². The molecule has 0 spiro atoms. The molecule has 0 aliphatic rings. The first-order valence-electron chi connectivity index (χ1n) is 7.92. The van der Waals surface area contributed by atoms with Crippen molar-refractivity contribution in [3.05, 3.63) is 59.6 Å². The highest BCUT2D eigenvalue weighted by molar-refractivity contribution is 6.02. The molecule has 3 heterocycles. The number of rotatable bonds is 2. The number of aryl methyl sites for hydroxylation is 2. The van der Waals surface area contributed by atoms with Crippen molar-refractivity contribution in [2.75, 3.05) is 0 Å². The Hall–Kier alpha value is -3.03. The van der Waals surface area contributed by atoms with Crippen LogP contribution in [0.2, 0.25) is 0 Å². The predicted molar refractivity (Wildman–Crippen MR) is 90.6 cm³/mol. The van der Waals surface area contributed by atoms with E-state index in [1.807, 2.05) is 6.92 Å². The first-order chi connectivity index (χ1) is 12.3. The molecule has 0 N–H and O–H groups in total. The van der Waals surface area contributed by atoms with Gasteiger partial charge < -0.3 is 4.57 Å². The summed E-state index contributed by atoms with van der Waals surface area (Å²) in [5.41, 5.74) is 2.52. The SMILES string of the molecule is Cc1cnc(Cc2nc3cnc4ccc(C(F)(F)F)cc4c3n2C)cn1. The number of imidazole rings is 1. The van der Waals surface area contributed by atoms with Crippen LogP contribution in [0.15, 0.2) is 36.8 Å². The first kappa shape index (κ1) is 16.4. The average molecular weight is 357 g/mol. The van der Waals surface area contributed by atoms with E-state index in [4.69, 9.17) is 0 Å². The van der Waals surface area contributed by atoms with Crippen LogP contribution >= 0.6 is 0 Å². The molecule has 0 saturated heterocycles. The predicted octanol–water partition coefficient (Wildman–Crippen LogP) is 3.83. The van der Waals surface area contributed by atoms with Gasteiger partial charge in [0, 0.05) is 31.2 Å². The van der Waals surface area contributed by atoms with Crippen LogP contribution in [-0.4, -0.2) is 24.5 Å². The van der Waals surface area contributed by atoms with Crippen molar-refractivity contribution >= 4 is 21.9 Å². The van der Waals surface area contributed by atoms with Crippen LogP contribution in [0.25, 0.3) is 21.9 Å². The number of alkyl halides is 3. The van der Waals surface area contributed by atoms with Crippen molar-refractivity contribution < 1.29 is 13.2 Å². The Morgan fingerprint density at radius 2 is 1.81 bits per heavy atom. The highest BCUT2D eigenvalue weighted by Crippen LogP contribution is 2.33. The van der Waals surface area contributed by atoms with E-state index in [-0.39, 0.29) is 0 Å². The van der Waals surface area contributed by atoms with Crippen molar-refractivity contribution in [2.45, 2.75) is 19.5 Å². The summed E-state index contributed by atoms with van der Waals surface area (Å²) in [7, 11) is 1.78. The Morgan fingerprint density at radius 1 is 1.00 bits per heavy atom. The summed E-state index contributed by atoms with van der Waals surface area (Å²) in [4.78, 5) is 17.3. The monoisotopic (exact) mass is 357 g/mol. The summed E-state index contributed by atoms with van der Waals surface area (Å²) in [6.07, 6.45) is 0.945. The minimum absolute atomic E-state index is 0.425. The van der Waals surface area contributed by atoms with Gasteiger partial charge in [-0.05, 0) is 25.1 Å². The molecule has 1 aromatic carbocycles. The largest absolute Gasteiger partial charge is 0.416 e. The van der Waals surface area contributed by atoms with E-state index >= 15 is 0 Å². The summed E-state index contributed by atoms with van der Waals surface area (Å²) in [5, 5.41) is 0.425. The van der Waals surface area contributed by atoms with Gasteiger partial charge in [-0.15, -0.1) is 0 Å². The van der Waals surface area contributed by atoms with Gasteiger partial charge in [-0.3, -0.25) is 15.0 Å². The minimum Gasteiger partial charge on any atom is -0.330 e. The molecular formula is C18H14F3N5. The molecule has 3 aromatic heterocycles. The van der Waals surface area contributed by atoms with Gasteiger partial charge in [-0.2, -0.15) is 13.2 Å². The van der Waals surface area contributed by atoms with Crippen molar-refractivity contribution in [2.24, 2.45) is 7.05 Å². The molecule has 0 bridgehead atoms. The van der Waals surface area contributed by atoms with E-state index in [0.717, 1.165) is 23.5 Å². The number of benzene rings is 1. The Balaban J connectivity index is 1.88. The number of aromatic nitrogens is 5. The average Bonchev–Trinajstić information content (AvgIpc) is 2.92. The molecule has 0 unspecified atom stereocenters. The zero-order valence-corrected chi connectivity index (χ0v) is 14.0. The van der Waals surface area contributed by atoms with Crippen LogP contribution in [0.1, 0.15) is 22.8 Å². The molecule has 0 aliphatic heterocycles. The molecular weight excluding hydrogens is 343 g/mol. The zero-order chi connectivity index (χ0) is 18.5. The lowest BCUT2D eigenvalue weighted by Crippen LogP contribution is -2.05. The molecule has 5 nitrogen and oxygen atoms in total. The fourth-order valence-electron chi connectivity index (χ4n) is 2.95. The lowest BCUT2D eigenvalue weighted by Gasteiger charge is -2.09. The maximum atomic E-state index is 13.1. The molecule has 0 fully saturated rings. The van der Waals surface area contributed by atoms with Crippen LogP contribution < -0.4 is 0 Å². The second-order valence-corrected chi connectivity index (χ2v) is 6.13. The fraction of sp³-hybridized carbons (Fsp3) is 0.222. The van der Waals surface area contributed by atoms with Crippen molar-refractivity contribution in [1.29, 1.82) is 0 Å². The van der Waals surface area contributed by atoms with Gasteiger partial charge in [0.05, 0.1) is 34.2 Å². The Bertz CT molecular complexity index is 1110. The Kier molecular flexibility index (Phi) is 3.64. The summed E-state index contributed by atoms with van der Waals surface area (Å²) < 4.78 is 41.0. The number of pyridine rings is 1. The van der Waals surface area contributed by atoms with E-state index in [2.05, 4.69) is 19.9 Å². The Labute approximate surface area is 146 Å². The van der Waals surface area contributed by atoms with Gasteiger partial charge in [-0.25, -0.2) is 4.98 Å². The minimum atomic E-state index is -4.41. The number of fused-ring (bicyclic) bond motifs is 3. The van der Waals surface area contributed by atoms with Gasteiger partial charge in [0.25, 0.3) is 0 Å². The third kappa shape index (κ3) is 2.77. The quantitative estimate of drug-likeness (QED) is 0.547. The first-order valence-corrected chi connectivity index (χ1v) is 7.92. The van der Waals surface area contributed by atoms with Gasteiger partial charge in [0.2, 0.25) is 0 Å². The van der Waals surface area contributed by atoms with E-state index in [1.165, 1.54) is 6.07 Å². The second-order valence-electron chi connectivity index (χ2n) is 6.13. The molecule has 0 amide bonds. The van der Waals surface area contributed by atoms with Gasteiger partial charge in [-0.1, -0.05) is 0 Å². The van der Waals surface area contributed by atoms with E-state index in [0.29, 0.717) is 34.2 Å². The molecule has 0 radical (unpaired) electrons. The van der Waals surface area contributed by atoms with Crippen LogP contribution in [0.3, 0.4) is 0 Å². The molecule has 0 saturated carbocycles. The number of hydrogen-bond acceptors (Lipinski definition) is 4. The van der Waals surface area contributed by atoms with Crippen molar-refractivity contribution in [3.63, 3.8) is 0 Å². The summed E-state index contributed by atoms with van der Waals surface area (Å²) in [6.45, 7) is 1.85. The third-order valence-corrected chi connectivity index (χ3v) is 4.29. The third-order valence-electron chi connectivity index (χ3n) is 4.29. The van der Waals surface area contributed by atoms with Crippen LogP contribution in [0.5, 0.6) is 0 Å². The summed E-state index contributed by atoms with van der Waals surface area (Å²) in [6, 6.07) is 3.55. The van der Waals surface area contributed by atoms with E-state index in [9.17, 15) is 13.2 Å². The van der Waals surface area contributed by atoms with Gasteiger partial charge >= 0.3 is 6.18 Å². The molecule has 0 atom stereocenters. The molecule has 4 rings (SSSR count). The highest BCUT2D eigenvalue weighted by Gasteiger charge is 2.31. The maximum absolute atomic E-state index is 13.1. The van der Waals surface area contributed by atoms with E-state index in [1.54, 1.807) is 30.2 Å². The normalized spacial score (nSPS) is 12.2. The molecule has 4 aromatic rings. The number of halogens is 3. The zero-order valence-electron chi connectivity index (χ0n) is 14.0. The maximum Gasteiger partial charge on any atom is 0.416 e. The lowest BCUT2D eigenvalue weighted by molar-refractivity contribution is -0.137. The summed E-state index contributed by atoms with van der Waals surface area (Å²) in [5.74, 6) is 0.685.